The molecule has 8 aromatic rings. The molecule has 0 N–H and O–H groups in total. The minimum absolute atomic E-state index is 0.103. The lowest BCUT2D eigenvalue weighted by atomic mass is 9.79. The summed E-state index contributed by atoms with van der Waals surface area (Å²) in [5.74, 6) is 0. The molecule has 8 aromatic carbocycles. The Bertz CT molecular complexity index is 2850. The molecule has 2 aliphatic carbocycles. The number of hydrogen-bond donors (Lipinski definition) is 0. The number of benzene rings is 8. The maximum Gasteiger partial charge on any atom is 0.0159 e. The minimum atomic E-state index is -0.111. The number of rotatable bonds is 3. The first-order chi connectivity index (χ1) is 25.9. The second-order valence-corrected chi connectivity index (χ2v) is 17.9. The van der Waals surface area contributed by atoms with Crippen molar-refractivity contribution in [3.8, 4) is 55.6 Å². The predicted octanol–water partition coefficient (Wildman–Crippen LogP) is 14.9. The van der Waals surface area contributed by atoms with Gasteiger partial charge in [0.25, 0.3) is 0 Å². The van der Waals surface area contributed by atoms with Gasteiger partial charge in [-0.15, -0.1) is 0 Å². The summed E-state index contributed by atoms with van der Waals surface area (Å²) in [4.78, 5) is 0. The highest BCUT2D eigenvalue weighted by atomic mass is 14.4. The second kappa shape index (κ2) is 11.4. The summed E-state index contributed by atoms with van der Waals surface area (Å²) < 4.78 is 0. The molecule has 0 aliphatic heterocycles. The van der Waals surface area contributed by atoms with E-state index in [4.69, 9.17) is 0 Å². The van der Waals surface area contributed by atoms with E-state index < -0.39 is 0 Å². The van der Waals surface area contributed by atoms with Gasteiger partial charge in [0.1, 0.15) is 0 Å². The van der Waals surface area contributed by atoms with E-state index in [0.717, 1.165) is 0 Å². The fourth-order valence-electron chi connectivity index (χ4n) is 9.45. The van der Waals surface area contributed by atoms with Crippen LogP contribution in [-0.4, -0.2) is 0 Å². The maximum atomic E-state index is 2.46. The quantitative estimate of drug-likeness (QED) is 0.173. The van der Waals surface area contributed by atoms with Gasteiger partial charge in [-0.25, -0.2) is 0 Å². The summed E-state index contributed by atoms with van der Waals surface area (Å²) in [6, 6.07) is 57.8. The minimum Gasteiger partial charge on any atom is -0.0616 e. The second-order valence-electron chi connectivity index (χ2n) is 17.9. The molecule has 0 saturated heterocycles. The Labute approximate surface area is 320 Å². The molecule has 262 valence electrons. The molecule has 0 unspecified atom stereocenters. The van der Waals surface area contributed by atoms with E-state index in [1.54, 1.807) is 0 Å². The summed E-state index contributed by atoms with van der Waals surface area (Å²) in [6.45, 7) is 16.4. The Kier molecular flexibility index (Phi) is 6.94. The lowest BCUT2D eigenvalue weighted by Crippen LogP contribution is -2.15. The van der Waals surface area contributed by atoms with E-state index >= 15 is 0 Å². The van der Waals surface area contributed by atoms with Crippen molar-refractivity contribution < 1.29 is 0 Å². The molecule has 2 aliphatic rings. The molecule has 0 heterocycles. The van der Waals surface area contributed by atoms with Crippen LogP contribution in [-0.2, 0) is 16.2 Å². The highest BCUT2D eigenvalue weighted by molar-refractivity contribution is 5.92. The lowest BCUT2D eigenvalue weighted by Gasteiger charge is -2.24. The zero-order valence-corrected chi connectivity index (χ0v) is 32.4. The molecule has 0 aromatic heterocycles. The van der Waals surface area contributed by atoms with Gasteiger partial charge in [0.15, 0.2) is 0 Å². The van der Waals surface area contributed by atoms with Crippen LogP contribution in [0, 0.1) is 0 Å². The largest absolute Gasteiger partial charge is 0.0616 e. The molecule has 0 nitrogen and oxygen atoms in total. The molecule has 54 heavy (non-hydrogen) atoms. The van der Waals surface area contributed by atoms with E-state index in [1.165, 1.54) is 105 Å². The molecular formula is C54H46. The third-order valence-corrected chi connectivity index (χ3v) is 12.8. The summed E-state index contributed by atoms with van der Waals surface area (Å²) in [5.41, 5.74) is 20.0. The van der Waals surface area contributed by atoms with Gasteiger partial charge in [-0.05, 0) is 147 Å². The number of fused-ring (bicyclic) bond motifs is 8. The Morgan fingerprint density at radius 3 is 1.06 bits per heavy atom. The molecule has 0 radical (unpaired) electrons. The first kappa shape index (κ1) is 32.9. The van der Waals surface area contributed by atoms with E-state index in [-0.39, 0.29) is 16.2 Å². The Morgan fingerprint density at radius 2 is 0.630 bits per heavy atom. The van der Waals surface area contributed by atoms with Crippen LogP contribution in [0.3, 0.4) is 0 Å². The van der Waals surface area contributed by atoms with Crippen LogP contribution in [0.1, 0.15) is 76.3 Å². The zero-order valence-electron chi connectivity index (χ0n) is 32.4. The number of hydrogen-bond acceptors (Lipinski definition) is 0. The van der Waals surface area contributed by atoms with Gasteiger partial charge in [-0.1, -0.05) is 164 Å². The molecule has 0 amide bonds. The van der Waals surface area contributed by atoms with Gasteiger partial charge in [0.05, 0.1) is 0 Å². The summed E-state index contributed by atoms with van der Waals surface area (Å²) in [7, 11) is 0. The Hall–Kier alpha value is -5.72. The molecule has 0 spiro atoms. The third-order valence-electron chi connectivity index (χ3n) is 12.8. The molecule has 0 fully saturated rings. The molecule has 0 heteroatoms. The van der Waals surface area contributed by atoms with Crippen LogP contribution >= 0.6 is 0 Å². The Balaban J connectivity index is 0.973. The van der Waals surface area contributed by atoms with Crippen LogP contribution in [0.25, 0.3) is 77.2 Å². The zero-order chi connectivity index (χ0) is 37.1. The average molecular weight is 695 g/mol. The Morgan fingerprint density at radius 1 is 0.315 bits per heavy atom. The summed E-state index contributed by atoms with van der Waals surface area (Å²) in [6.07, 6.45) is 0. The van der Waals surface area contributed by atoms with Crippen molar-refractivity contribution in [3.05, 3.63) is 179 Å². The van der Waals surface area contributed by atoms with Gasteiger partial charge < -0.3 is 0 Å². The predicted molar refractivity (Wildman–Crippen MR) is 232 cm³/mol. The fourth-order valence-corrected chi connectivity index (χ4v) is 9.45. The smallest absolute Gasteiger partial charge is 0.0159 e. The van der Waals surface area contributed by atoms with Crippen LogP contribution in [0.5, 0.6) is 0 Å². The molecular weight excluding hydrogens is 649 g/mol. The van der Waals surface area contributed by atoms with Gasteiger partial charge in [-0.2, -0.15) is 0 Å². The first-order valence-electron chi connectivity index (χ1n) is 19.5. The lowest BCUT2D eigenvalue weighted by molar-refractivity contribution is 0.591. The van der Waals surface area contributed by atoms with Gasteiger partial charge in [-0.3, -0.25) is 0 Å². The highest BCUT2D eigenvalue weighted by Crippen LogP contribution is 2.53. The van der Waals surface area contributed by atoms with Crippen molar-refractivity contribution >= 4 is 21.5 Å². The van der Waals surface area contributed by atoms with Gasteiger partial charge in [0, 0.05) is 10.8 Å². The van der Waals surface area contributed by atoms with E-state index in [9.17, 15) is 0 Å². The standard InChI is InChI=1S/C54H46/c1-52(2,3)43-21-16-37-27-36(14-15-38(37)28-43)40-18-23-45-47-25-20-42(32-51(47)54(6,7)49(45)30-40)41-19-24-46-44-22-17-39(29-48(44)53(4,5)50(46)31-41)35-13-12-33-10-8-9-11-34(33)26-35/h8-32H,1-7H3. The van der Waals surface area contributed by atoms with Gasteiger partial charge in [0.2, 0.25) is 0 Å². The normalized spacial score (nSPS) is 14.9. The maximum absolute atomic E-state index is 2.46. The van der Waals surface area contributed by atoms with Crippen molar-refractivity contribution in [1.82, 2.24) is 0 Å². The van der Waals surface area contributed by atoms with Crippen molar-refractivity contribution in [2.24, 2.45) is 0 Å². The average Bonchev–Trinajstić information content (AvgIpc) is 3.55. The third kappa shape index (κ3) is 4.96. The summed E-state index contributed by atoms with van der Waals surface area (Å²) in [5, 5.41) is 5.15. The van der Waals surface area contributed by atoms with E-state index in [0.29, 0.717) is 0 Å². The van der Waals surface area contributed by atoms with Crippen LogP contribution in [0.15, 0.2) is 152 Å². The van der Waals surface area contributed by atoms with Crippen molar-refractivity contribution in [2.45, 2.75) is 64.7 Å². The summed E-state index contributed by atoms with van der Waals surface area (Å²) >= 11 is 0. The van der Waals surface area contributed by atoms with E-state index in [2.05, 4.69) is 200 Å². The van der Waals surface area contributed by atoms with E-state index in [1.807, 2.05) is 0 Å². The molecule has 0 saturated carbocycles. The SMILES string of the molecule is CC(C)(C)c1ccc2cc(-c3ccc4c(c3)C(C)(C)c3cc(-c5ccc6c(c5)C(C)(C)c5cc(-c7ccc8ccccc8c7)ccc5-6)ccc3-4)ccc2c1. The first-order valence-corrected chi connectivity index (χ1v) is 19.5. The van der Waals surface area contributed by atoms with Crippen LogP contribution in [0.4, 0.5) is 0 Å². The van der Waals surface area contributed by atoms with Crippen molar-refractivity contribution in [1.29, 1.82) is 0 Å². The fraction of sp³-hybridized carbons (Fsp3) is 0.185. The van der Waals surface area contributed by atoms with Crippen LogP contribution < -0.4 is 0 Å². The van der Waals surface area contributed by atoms with Crippen molar-refractivity contribution in [2.75, 3.05) is 0 Å². The highest BCUT2D eigenvalue weighted by Gasteiger charge is 2.38. The van der Waals surface area contributed by atoms with Crippen molar-refractivity contribution in [3.63, 3.8) is 0 Å². The van der Waals surface area contributed by atoms with Gasteiger partial charge >= 0.3 is 0 Å². The molecule has 0 atom stereocenters. The molecule has 10 rings (SSSR count). The topological polar surface area (TPSA) is 0 Å². The van der Waals surface area contributed by atoms with Crippen LogP contribution in [0.2, 0.25) is 0 Å². The molecule has 0 bridgehead atoms. The monoisotopic (exact) mass is 694 g/mol.